The van der Waals surface area contributed by atoms with Crippen LogP contribution in [0.4, 0.5) is 0 Å². The van der Waals surface area contributed by atoms with E-state index >= 15 is 0 Å². The zero-order valence-corrected chi connectivity index (χ0v) is 12.1. The van der Waals surface area contributed by atoms with Gasteiger partial charge in [-0.15, -0.1) is 0 Å². The summed E-state index contributed by atoms with van der Waals surface area (Å²) < 4.78 is 5.54. The molecule has 1 N–H and O–H groups in total. The molecule has 0 bridgehead atoms. The smallest absolute Gasteiger partial charge is 0.0637 e. The molecule has 0 rings (SSSR count). The first-order valence-corrected chi connectivity index (χ1v) is 6.75. The topological polar surface area (TPSA) is 21.3 Å². The summed E-state index contributed by atoms with van der Waals surface area (Å²) in [5, 5.41) is 3.66. The lowest BCUT2D eigenvalue weighted by molar-refractivity contribution is 0.00181. The molecule has 0 aliphatic heterocycles. The molecule has 0 spiro atoms. The van der Waals surface area contributed by atoms with Gasteiger partial charge in [0.2, 0.25) is 0 Å². The molecule has 0 aromatic carbocycles. The van der Waals surface area contributed by atoms with E-state index in [2.05, 4.69) is 39.9 Å². The van der Waals surface area contributed by atoms with Crippen LogP contribution < -0.4 is 5.32 Å². The Balaban J connectivity index is 4.29. The van der Waals surface area contributed by atoms with Crippen LogP contribution in [0.2, 0.25) is 0 Å². The largest absolute Gasteiger partial charge is 0.379 e. The van der Waals surface area contributed by atoms with Gasteiger partial charge in [0.1, 0.15) is 0 Å². The number of hydrogen-bond acceptors (Lipinski definition) is 2. The first-order valence-electron chi connectivity index (χ1n) is 6.75. The highest BCUT2D eigenvalue weighted by Crippen LogP contribution is 2.22. The van der Waals surface area contributed by atoms with E-state index in [0.717, 1.165) is 18.9 Å². The maximum absolute atomic E-state index is 5.54. The summed E-state index contributed by atoms with van der Waals surface area (Å²) in [5.74, 6) is 0.728. The van der Waals surface area contributed by atoms with Crippen LogP contribution in [-0.2, 0) is 4.74 Å². The van der Waals surface area contributed by atoms with Crippen LogP contribution in [0.3, 0.4) is 0 Å². The molecule has 0 saturated heterocycles. The summed E-state index contributed by atoms with van der Waals surface area (Å²) in [6, 6.07) is 0.579. The quantitative estimate of drug-likeness (QED) is 0.652. The average molecular weight is 229 g/mol. The molecule has 2 heteroatoms. The summed E-state index contributed by atoms with van der Waals surface area (Å²) >= 11 is 0. The zero-order valence-electron chi connectivity index (χ0n) is 12.1. The van der Waals surface area contributed by atoms with Crippen molar-refractivity contribution in [3.8, 4) is 0 Å². The van der Waals surface area contributed by atoms with Crippen molar-refractivity contribution >= 4 is 0 Å². The fourth-order valence-corrected chi connectivity index (χ4v) is 2.07. The molecule has 0 aromatic rings. The number of nitrogens with one attached hydrogen (secondary N) is 1. The van der Waals surface area contributed by atoms with Gasteiger partial charge in [0.05, 0.1) is 5.60 Å². The molecule has 2 atom stereocenters. The van der Waals surface area contributed by atoms with E-state index < -0.39 is 0 Å². The van der Waals surface area contributed by atoms with E-state index in [1.807, 2.05) is 0 Å². The number of hydrogen-bond donors (Lipinski definition) is 1. The molecule has 0 radical (unpaired) electrons. The molecular weight excluding hydrogens is 198 g/mol. The lowest BCUT2D eigenvalue weighted by Crippen LogP contribution is -2.42. The molecule has 16 heavy (non-hydrogen) atoms. The fraction of sp³-hybridized carbons (Fsp3) is 1.00. The molecule has 0 saturated carbocycles. The van der Waals surface area contributed by atoms with Gasteiger partial charge in [-0.25, -0.2) is 0 Å². The Hall–Kier alpha value is -0.0800. The minimum Gasteiger partial charge on any atom is -0.379 e. The second kappa shape index (κ2) is 8.08. The second-order valence-corrected chi connectivity index (χ2v) is 5.49. The van der Waals surface area contributed by atoms with Crippen molar-refractivity contribution in [1.29, 1.82) is 0 Å². The van der Waals surface area contributed by atoms with Gasteiger partial charge >= 0.3 is 0 Å². The maximum atomic E-state index is 5.54. The highest BCUT2D eigenvalue weighted by molar-refractivity contribution is 4.81. The van der Waals surface area contributed by atoms with E-state index in [4.69, 9.17) is 4.74 Å². The summed E-state index contributed by atoms with van der Waals surface area (Å²) in [7, 11) is 1.81. The second-order valence-electron chi connectivity index (χ2n) is 5.49. The van der Waals surface area contributed by atoms with Gasteiger partial charge in [-0.2, -0.15) is 0 Å². The Labute approximate surface area is 102 Å². The van der Waals surface area contributed by atoms with E-state index in [-0.39, 0.29) is 5.60 Å². The van der Waals surface area contributed by atoms with Gasteiger partial charge < -0.3 is 10.1 Å². The minimum absolute atomic E-state index is 0.0204. The summed E-state index contributed by atoms with van der Waals surface area (Å²) in [5.41, 5.74) is -0.0204. The first-order chi connectivity index (χ1) is 7.46. The van der Waals surface area contributed by atoms with Crippen molar-refractivity contribution in [2.24, 2.45) is 5.92 Å². The number of methoxy groups -OCH3 is 1. The van der Waals surface area contributed by atoms with Gasteiger partial charge in [-0.1, -0.05) is 27.2 Å². The van der Waals surface area contributed by atoms with Crippen LogP contribution in [0.1, 0.15) is 60.3 Å². The van der Waals surface area contributed by atoms with Gasteiger partial charge in [0.15, 0.2) is 0 Å². The van der Waals surface area contributed by atoms with Crippen molar-refractivity contribution in [3.05, 3.63) is 0 Å². The lowest BCUT2D eigenvalue weighted by Gasteiger charge is -2.32. The monoisotopic (exact) mass is 229 g/mol. The predicted molar refractivity (Wildman–Crippen MR) is 71.9 cm³/mol. The van der Waals surface area contributed by atoms with Crippen LogP contribution in [0, 0.1) is 5.92 Å². The van der Waals surface area contributed by atoms with Crippen LogP contribution in [0.5, 0.6) is 0 Å². The molecule has 98 valence electrons. The number of rotatable bonds is 9. The minimum atomic E-state index is -0.0204. The predicted octanol–water partition coefficient (Wildman–Crippen LogP) is 3.61. The molecule has 0 fully saturated rings. The molecule has 0 aliphatic rings. The van der Waals surface area contributed by atoms with Gasteiger partial charge in [0.25, 0.3) is 0 Å². The molecule has 2 unspecified atom stereocenters. The normalized spacial score (nSPS) is 16.1. The fourth-order valence-electron chi connectivity index (χ4n) is 2.07. The SMILES string of the molecule is CCCNC(CC(C)(C)OC)C(C)CCC. The molecule has 0 aromatic heterocycles. The lowest BCUT2D eigenvalue weighted by atomic mass is 9.88. The summed E-state index contributed by atoms with van der Waals surface area (Å²) in [6.07, 6.45) is 4.84. The van der Waals surface area contributed by atoms with E-state index in [9.17, 15) is 0 Å². The van der Waals surface area contributed by atoms with Crippen LogP contribution in [0.15, 0.2) is 0 Å². The molecule has 0 amide bonds. The highest BCUT2D eigenvalue weighted by atomic mass is 16.5. The van der Waals surface area contributed by atoms with Gasteiger partial charge in [-0.05, 0) is 45.6 Å². The zero-order chi connectivity index (χ0) is 12.6. The van der Waals surface area contributed by atoms with Gasteiger partial charge in [-0.3, -0.25) is 0 Å². The Morgan fingerprint density at radius 3 is 2.25 bits per heavy atom. The van der Waals surface area contributed by atoms with Crippen molar-refractivity contribution in [2.45, 2.75) is 71.9 Å². The molecule has 2 nitrogen and oxygen atoms in total. The van der Waals surface area contributed by atoms with Crippen molar-refractivity contribution in [2.75, 3.05) is 13.7 Å². The Morgan fingerprint density at radius 1 is 1.19 bits per heavy atom. The Bertz CT molecular complexity index is 168. The standard InChI is InChI=1S/C14H31NO/c1-7-9-12(3)13(15-10-8-2)11-14(4,5)16-6/h12-13,15H,7-11H2,1-6H3. The van der Waals surface area contributed by atoms with Gasteiger partial charge in [0, 0.05) is 13.2 Å². The summed E-state index contributed by atoms with van der Waals surface area (Å²) in [4.78, 5) is 0. The Kier molecular flexibility index (Phi) is 8.04. The third-order valence-electron chi connectivity index (χ3n) is 3.35. The van der Waals surface area contributed by atoms with E-state index in [1.165, 1.54) is 19.3 Å². The molecule has 0 aliphatic carbocycles. The maximum Gasteiger partial charge on any atom is 0.0637 e. The number of ether oxygens (including phenoxy) is 1. The molecular formula is C14H31NO. The average Bonchev–Trinajstić information content (AvgIpc) is 2.24. The van der Waals surface area contributed by atoms with Crippen molar-refractivity contribution in [1.82, 2.24) is 5.32 Å². The van der Waals surface area contributed by atoms with Crippen LogP contribution in [-0.4, -0.2) is 25.3 Å². The Morgan fingerprint density at radius 2 is 1.81 bits per heavy atom. The third kappa shape index (κ3) is 6.49. The van der Waals surface area contributed by atoms with Crippen LogP contribution in [0.25, 0.3) is 0 Å². The van der Waals surface area contributed by atoms with Crippen molar-refractivity contribution in [3.63, 3.8) is 0 Å². The van der Waals surface area contributed by atoms with E-state index in [1.54, 1.807) is 7.11 Å². The third-order valence-corrected chi connectivity index (χ3v) is 3.35. The van der Waals surface area contributed by atoms with Crippen molar-refractivity contribution < 1.29 is 4.74 Å². The summed E-state index contributed by atoms with van der Waals surface area (Å²) in [6.45, 7) is 12.3. The van der Waals surface area contributed by atoms with E-state index in [0.29, 0.717) is 6.04 Å². The van der Waals surface area contributed by atoms with Crippen LogP contribution >= 0.6 is 0 Å². The molecule has 0 heterocycles. The highest BCUT2D eigenvalue weighted by Gasteiger charge is 2.25. The first kappa shape index (κ1) is 15.9.